The largest absolute Gasteiger partial charge is 0.477 e. The average Bonchev–Trinajstić information content (AvgIpc) is 2.62. The van der Waals surface area contributed by atoms with Crippen LogP contribution in [0.4, 0.5) is 8.78 Å². The van der Waals surface area contributed by atoms with Crippen molar-refractivity contribution in [2.24, 2.45) is 0 Å². The molecule has 0 atom stereocenters. The van der Waals surface area contributed by atoms with Gasteiger partial charge in [0.25, 0.3) is 5.56 Å². The average molecular weight is 342 g/mol. The van der Waals surface area contributed by atoms with Gasteiger partial charge >= 0.3 is 5.97 Å². The van der Waals surface area contributed by atoms with Gasteiger partial charge in [0.15, 0.2) is 0 Å². The predicted octanol–water partition coefficient (Wildman–Crippen LogP) is 3.21. The van der Waals surface area contributed by atoms with E-state index < -0.39 is 29.6 Å². The number of hydrogen-bond donors (Lipinski definition) is 1. The van der Waals surface area contributed by atoms with E-state index >= 15 is 0 Å². The van der Waals surface area contributed by atoms with Crippen LogP contribution >= 0.6 is 0 Å². The molecule has 126 valence electrons. The molecular weight excluding hydrogens is 330 g/mol. The summed E-state index contributed by atoms with van der Waals surface area (Å²) in [6.45, 7) is -0.628. The summed E-state index contributed by atoms with van der Waals surface area (Å²) in [6, 6.07) is 12.5. The Morgan fingerprint density at radius 1 is 1.12 bits per heavy atom. The normalized spacial score (nSPS) is 10.6. The van der Waals surface area contributed by atoms with Crippen LogP contribution < -0.4 is 5.56 Å². The SMILES string of the molecule is O=C(O)c1cc(-c2ccc(CF)cc2)nn(-c2cccc(F)c2)c1=O. The van der Waals surface area contributed by atoms with Crippen molar-refractivity contribution >= 4 is 5.97 Å². The maximum absolute atomic E-state index is 13.5. The molecule has 0 aliphatic carbocycles. The number of nitrogens with zero attached hydrogens (tertiary/aromatic N) is 2. The summed E-state index contributed by atoms with van der Waals surface area (Å²) in [6.07, 6.45) is 0. The fraction of sp³-hybridized carbons (Fsp3) is 0.0556. The van der Waals surface area contributed by atoms with E-state index in [0.29, 0.717) is 11.1 Å². The standard InChI is InChI=1S/C18H12F2N2O3/c19-10-11-4-6-12(7-5-11)16-9-15(18(24)25)17(23)22(21-16)14-3-1-2-13(20)8-14/h1-9H,10H2,(H,24,25). The van der Waals surface area contributed by atoms with Crippen LogP contribution in [-0.4, -0.2) is 20.9 Å². The Labute approximate surface area is 140 Å². The highest BCUT2D eigenvalue weighted by atomic mass is 19.1. The molecule has 0 fully saturated rings. The molecule has 25 heavy (non-hydrogen) atoms. The van der Waals surface area contributed by atoms with Crippen LogP contribution in [0.5, 0.6) is 0 Å². The van der Waals surface area contributed by atoms with Crippen molar-refractivity contribution in [2.45, 2.75) is 6.67 Å². The number of carboxylic acids is 1. The van der Waals surface area contributed by atoms with Crippen LogP contribution in [0, 0.1) is 5.82 Å². The molecule has 1 aromatic heterocycles. The fourth-order valence-corrected chi connectivity index (χ4v) is 2.34. The quantitative estimate of drug-likeness (QED) is 0.790. The number of aromatic carboxylic acids is 1. The Bertz CT molecular complexity index is 998. The van der Waals surface area contributed by atoms with Crippen molar-refractivity contribution in [3.05, 3.63) is 81.9 Å². The Morgan fingerprint density at radius 2 is 1.84 bits per heavy atom. The predicted molar refractivity (Wildman–Crippen MR) is 87.0 cm³/mol. The van der Waals surface area contributed by atoms with Crippen LogP contribution in [0.3, 0.4) is 0 Å². The third-order valence-electron chi connectivity index (χ3n) is 3.60. The monoisotopic (exact) mass is 342 g/mol. The zero-order valence-corrected chi connectivity index (χ0v) is 12.8. The minimum atomic E-state index is -1.42. The van der Waals surface area contributed by atoms with Crippen molar-refractivity contribution < 1.29 is 18.7 Å². The molecule has 0 amide bonds. The number of alkyl halides is 1. The number of carbonyl (C=O) groups is 1. The zero-order valence-electron chi connectivity index (χ0n) is 12.8. The first kappa shape index (κ1) is 16.5. The van der Waals surface area contributed by atoms with E-state index in [2.05, 4.69) is 5.10 Å². The molecule has 3 aromatic rings. The van der Waals surface area contributed by atoms with Crippen LogP contribution in [0.1, 0.15) is 15.9 Å². The maximum Gasteiger partial charge on any atom is 0.341 e. The molecule has 3 rings (SSSR count). The lowest BCUT2D eigenvalue weighted by atomic mass is 10.1. The number of aromatic nitrogens is 2. The first-order valence-corrected chi connectivity index (χ1v) is 7.28. The van der Waals surface area contributed by atoms with Crippen molar-refractivity contribution in [1.82, 2.24) is 9.78 Å². The van der Waals surface area contributed by atoms with Gasteiger partial charge in [-0.15, -0.1) is 0 Å². The molecule has 5 nitrogen and oxygen atoms in total. The highest BCUT2D eigenvalue weighted by Crippen LogP contribution is 2.19. The summed E-state index contributed by atoms with van der Waals surface area (Å²) in [5, 5.41) is 13.4. The maximum atomic E-state index is 13.5. The Kier molecular flexibility index (Phi) is 4.38. The number of hydrogen-bond acceptors (Lipinski definition) is 3. The van der Waals surface area contributed by atoms with Gasteiger partial charge in [-0.05, 0) is 29.8 Å². The first-order valence-electron chi connectivity index (χ1n) is 7.28. The smallest absolute Gasteiger partial charge is 0.341 e. The molecule has 2 aromatic carbocycles. The molecular formula is C18H12F2N2O3. The second-order valence-electron chi connectivity index (χ2n) is 5.28. The van der Waals surface area contributed by atoms with Crippen molar-refractivity contribution in [2.75, 3.05) is 0 Å². The van der Waals surface area contributed by atoms with Gasteiger partial charge in [0.05, 0.1) is 11.4 Å². The molecule has 0 saturated carbocycles. The van der Waals surface area contributed by atoms with Gasteiger partial charge in [0.1, 0.15) is 18.1 Å². The third kappa shape index (κ3) is 3.30. The van der Waals surface area contributed by atoms with Crippen molar-refractivity contribution in [3.63, 3.8) is 0 Å². The summed E-state index contributed by atoms with van der Waals surface area (Å²) in [5.41, 5.74) is -0.0991. The molecule has 1 N–H and O–H groups in total. The Morgan fingerprint density at radius 3 is 2.44 bits per heavy atom. The van der Waals surface area contributed by atoms with Gasteiger partial charge in [0, 0.05) is 5.56 Å². The number of halogens is 2. The van der Waals surface area contributed by atoms with E-state index in [1.165, 1.54) is 30.3 Å². The minimum Gasteiger partial charge on any atom is -0.477 e. The molecule has 0 bridgehead atoms. The van der Waals surface area contributed by atoms with Gasteiger partial charge in [-0.2, -0.15) is 9.78 Å². The molecule has 0 radical (unpaired) electrons. The number of benzene rings is 2. The van der Waals surface area contributed by atoms with Crippen LogP contribution in [-0.2, 0) is 6.67 Å². The molecule has 7 heteroatoms. The van der Waals surface area contributed by atoms with Crippen LogP contribution in [0.15, 0.2) is 59.4 Å². The lowest BCUT2D eigenvalue weighted by molar-refractivity contribution is 0.0694. The highest BCUT2D eigenvalue weighted by Gasteiger charge is 2.16. The van der Waals surface area contributed by atoms with Crippen LogP contribution in [0.25, 0.3) is 16.9 Å². The molecule has 0 unspecified atom stereocenters. The molecule has 0 aliphatic heterocycles. The second-order valence-corrected chi connectivity index (χ2v) is 5.28. The van der Waals surface area contributed by atoms with Crippen LogP contribution in [0.2, 0.25) is 0 Å². The van der Waals surface area contributed by atoms with E-state index in [9.17, 15) is 23.5 Å². The number of carboxylic acid groups (broad SMARTS) is 1. The van der Waals surface area contributed by atoms with Gasteiger partial charge in [0.2, 0.25) is 0 Å². The number of rotatable bonds is 4. The minimum absolute atomic E-state index is 0.106. The first-order chi connectivity index (χ1) is 12.0. The second kappa shape index (κ2) is 6.64. The van der Waals surface area contributed by atoms with Gasteiger partial charge < -0.3 is 5.11 Å². The summed E-state index contributed by atoms with van der Waals surface area (Å²) in [7, 11) is 0. The van der Waals surface area contributed by atoms with E-state index in [1.807, 2.05) is 0 Å². The van der Waals surface area contributed by atoms with Gasteiger partial charge in [-0.25, -0.2) is 13.6 Å². The summed E-state index contributed by atoms with van der Waals surface area (Å²) >= 11 is 0. The van der Waals surface area contributed by atoms with Gasteiger partial charge in [-0.1, -0.05) is 30.3 Å². The van der Waals surface area contributed by atoms with Crippen molar-refractivity contribution in [1.29, 1.82) is 0 Å². The van der Waals surface area contributed by atoms with E-state index in [0.717, 1.165) is 16.8 Å². The highest BCUT2D eigenvalue weighted by molar-refractivity contribution is 5.88. The van der Waals surface area contributed by atoms with E-state index in [4.69, 9.17) is 0 Å². The van der Waals surface area contributed by atoms with E-state index in [-0.39, 0.29) is 11.4 Å². The zero-order chi connectivity index (χ0) is 18.0. The summed E-state index contributed by atoms with van der Waals surface area (Å²) in [5.74, 6) is -2.00. The fourth-order valence-electron chi connectivity index (χ4n) is 2.34. The lowest BCUT2D eigenvalue weighted by Crippen LogP contribution is -2.27. The molecule has 1 heterocycles. The third-order valence-corrected chi connectivity index (χ3v) is 3.60. The Balaban J connectivity index is 2.23. The summed E-state index contributed by atoms with van der Waals surface area (Å²) in [4.78, 5) is 23.7. The lowest BCUT2D eigenvalue weighted by Gasteiger charge is -2.09. The summed E-state index contributed by atoms with van der Waals surface area (Å²) < 4.78 is 26.9. The topological polar surface area (TPSA) is 72.2 Å². The Hall–Kier alpha value is -3.35. The van der Waals surface area contributed by atoms with E-state index in [1.54, 1.807) is 12.1 Å². The van der Waals surface area contributed by atoms with Crippen molar-refractivity contribution in [3.8, 4) is 16.9 Å². The van der Waals surface area contributed by atoms with Gasteiger partial charge in [-0.3, -0.25) is 4.79 Å². The molecule has 0 aliphatic rings. The molecule has 0 saturated heterocycles. The molecule has 0 spiro atoms.